The molecule has 2 aromatic carbocycles. The number of carbonyl (C=O) groups excluding carboxylic acids is 3. The zero-order valence-corrected chi connectivity index (χ0v) is 22.9. The predicted octanol–water partition coefficient (Wildman–Crippen LogP) is 2.74. The second-order valence-corrected chi connectivity index (χ2v) is 9.79. The highest BCUT2D eigenvalue weighted by molar-refractivity contribution is 5.95. The van der Waals surface area contributed by atoms with Crippen LogP contribution in [0.2, 0.25) is 0 Å². The molecule has 10 heteroatoms. The highest BCUT2D eigenvalue weighted by Gasteiger charge is 2.32. The van der Waals surface area contributed by atoms with Gasteiger partial charge >= 0.3 is 0 Å². The summed E-state index contributed by atoms with van der Waals surface area (Å²) in [6, 6.07) is 7.31. The minimum atomic E-state index is -1.59. The summed E-state index contributed by atoms with van der Waals surface area (Å²) in [7, 11) is 0. The average Bonchev–Trinajstić information content (AvgIpc) is 2.86. The van der Waals surface area contributed by atoms with Gasteiger partial charge in [0.2, 0.25) is 11.8 Å². The van der Waals surface area contributed by atoms with Crippen molar-refractivity contribution in [3.8, 4) is 0 Å². The molecule has 0 fully saturated rings. The summed E-state index contributed by atoms with van der Waals surface area (Å²) in [5.41, 5.74) is 1.00. The third-order valence-corrected chi connectivity index (χ3v) is 6.28. The SMILES string of the molecule is CCCN(CCC)C(=O)Cc1cccc(C(=O)N[C@@H](Cc2cc(F)cc(F)c2)[C@@H](O)[C@H](O)[C@@H](C)NC(C)=O)c1. The largest absolute Gasteiger partial charge is 0.388 e. The van der Waals surface area contributed by atoms with Crippen molar-refractivity contribution in [3.05, 3.63) is 70.8 Å². The Hall–Kier alpha value is -3.37. The van der Waals surface area contributed by atoms with Gasteiger partial charge in [-0.1, -0.05) is 26.0 Å². The van der Waals surface area contributed by atoms with Crippen LogP contribution in [0.5, 0.6) is 0 Å². The number of hydrogen-bond acceptors (Lipinski definition) is 5. The lowest BCUT2D eigenvalue weighted by atomic mass is 9.94. The Morgan fingerprint density at radius 3 is 2.08 bits per heavy atom. The fourth-order valence-corrected chi connectivity index (χ4v) is 4.44. The van der Waals surface area contributed by atoms with Gasteiger partial charge in [0.15, 0.2) is 0 Å². The van der Waals surface area contributed by atoms with Gasteiger partial charge in [0, 0.05) is 31.6 Å². The molecule has 0 saturated carbocycles. The Kier molecular flexibility index (Phi) is 12.5. The van der Waals surface area contributed by atoms with E-state index in [0.717, 1.165) is 25.0 Å². The molecule has 8 nitrogen and oxygen atoms in total. The first-order valence-electron chi connectivity index (χ1n) is 13.2. The second-order valence-electron chi connectivity index (χ2n) is 9.79. The topological polar surface area (TPSA) is 119 Å². The van der Waals surface area contributed by atoms with E-state index in [9.17, 15) is 33.4 Å². The van der Waals surface area contributed by atoms with Crippen LogP contribution in [-0.4, -0.2) is 70.2 Å². The lowest BCUT2D eigenvalue weighted by molar-refractivity contribution is -0.130. The molecule has 2 aromatic rings. The van der Waals surface area contributed by atoms with E-state index in [1.807, 2.05) is 13.8 Å². The predicted molar refractivity (Wildman–Crippen MR) is 144 cm³/mol. The van der Waals surface area contributed by atoms with Gasteiger partial charge in [-0.05, 0) is 61.6 Å². The number of hydrogen-bond donors (Lipinski definition) is 4. The summed E-state index contributed by atoms with van der Waals surface area (Å²) in [5, 5.41) is 26.7. The Labute approximate surface area is 228 Å². The molecule has 4 atom stereocenters. The highest BCUT2D eigenvalue weighted by atomic mass is 19.1. The molecule has 3 amide bonds. The van der Waals surface area contributed by atoms with Crippen LogP contribution in [0.3, 0.4) is 0 Å². The number of benzene rings is 2. The normalized spacial score (nSPS) is 14.2. The summed E-state index contributed by atoms with van der Waals surface area (Å²) in [5.74, 6) is -2.73. The maximum absolute atomic E-state index is 13.8. The molecule has 0 aliphatic heterocycles. The van der Waals surface area contributed by atoms with Gasteiger partial charge in [-0.2, -0.15) is 0 Å². The number of aliphatic hydroxyl groups excluding tert-OH is 2. The van der Waals surface area contributed by atoms with Gasteiger partial charge in [-0.25, -0.2) is 8.78 Å². The highest BCUT2D eigenvalue weighted by Crippen LogP contribution is 2.16. The van der Waals surface area contributed by atoms with Crippen molar-refractivity contribution in [1.82, 2.24) is 15.5 Å². The molecule has 0 aliphatic carbocycles. The number of halogens is 2. The smallest absolute Gasteiger partial charge is 0.251 e. The van der Waals surface area contributed by atoms with Crippen molar-refractivity contribution >= 4 is 17.7 Å². The zero-order valence-electron chi connectivity index (χ0n) is 22.9. The quantitative estimate of drug-likeness (QED) is 0.290. The third kappa shape index (κ3) is 10.0. The summed E-state index contributed by atoms with van der Waals surface area (Å²) in [6.45, 7) is 8.02. The standard InChI is InChI=1S/C29H39F2N3O5/c1-5-10-34(11-6-2)26(36)16-20-8-7-9-22(12-20)29(39)33-25(15-21-13-23(30)17-24(31)14-21)28(38)27(37)18(3)32-19(4)35/h7-9,12-14,17-18,25,27-28,37-38H,5-6,10-11,15-16H2,1-4H3,(H,32,35)(H,33,39)/t18-,25+,27-,28-/m1/s1. The van der Waals surface area contributed by atoms with Crippen molar-refractivity contribution in [2.24, 2.45) is 0 Å². The molecule has 0 radical (unpaired) electrons. The second kappa shape index (κ2) is 15.3. The number of nitrogens with one attached hydrogen (secondary N) is 2. The van der Waals surface area contributed by atoms with Crippen LogP contribution in [0.1, 0.15) is 62.0 Å². The lowest BCUT2D eigenvalue weighted by Gasteiger charge is -2.31. The molecule has 39 heavy (non-hydrogen) atoms. The first-order chi connectivity index (χ1) is 18.4. The van der Waals surface area contributed by atoms with Crippen molar-refractivity contribution in [2.75, 3.05) is 13.1 Å². The van der Waals surface area contributed by atoms with E-state index in [0.29, 0.717) is 24.7 Å². The molecule has 0 unspecified atom stereocenters. The molecule has 0 aromatic heterocycles. The van der Waals surface area contributed by atoms with Crippen LogP contribution in [0, 0.1) is 11.6 Å². The Morgan fingerprint density at radius 2 is 1.51 bits per heavy atom. The maximum atomic E-state index is 13.8. The molecule has 0 aliphatic rings. The van der Waals surface area contributed by atoms with Gasteiger partial charge in [0.05, 0.1) is 18.5 Å². The minimum Gasteiger partial charge on any atom is -0.388 e. The van der Waals surface area contributed by atoms with Crippen LogP contribution in [-0.2, 0) is 22.4 Å². The number of aliphatic hydroxyl groups is 2. The molecule has 214 valence electrons. The van der Waals surface area contributed by atoms with E-state index in [2.05, 4.69) is 10.6 Å². The monoisotopic (exact) mass is 547 g/mol. The van der Waals surface area contributed by atoms with Crippen molar-refractivity contribution in [3.63, 3.8) is 0 Å². The van der Waals surface area contributed by atoms with Crippen LogP contribution in [0.15, 0.2) is 42.5 Å². The van der Waals surface area contributed by atoms with E-state index in [-0.39, 0.29) is 29.9 Å². The first kappa shape index (κ1) is 31.8. The first-order valence-corrected chi connectivity index (χ1v) is 13.2. The van der Waals surface area contributed by atoms with Crippen molar-refractivity contribution < 1.29 is 33.4 Å². The van der Waals surface area contributed by atoms with Gasteiger partial charge in [0.1, 0.15) is 23.8 Å². The van der Waals surface area contributed by atoms with Gasteiger partial charge in [-0.15, -0.1) is 0 Å². The Balaban J connectivity index is 2.27. The Bertz CT molecular complexity index is 1100. The number of amides is 3. The summed E-state index contributed by atoms with van der Waals surface area (Å²) in [6.07, 6.45) is -1.51. The third-order valence-electron chi connectivity index (χ3n) is 6.28. The van der Waals surface area contributed by atoms with Crippen LogP contribution in [0.4, 0.5) is 8.78 Å². The molecule has 0 heterocycles. The fraction of sp³-hybridized carbons (Fsp3) is 0.483. The van der Waals surface area contributed by atoms with Gasteiger partial charge in [0.25, 0.3) is 5.91 Å². The fourth-order valence-electron chi connectivity index (χ4n) is 4.44. The molecular weight excluding hydrogens is 508 g/mol. The van der Waals surface area contributed by atoms with E-state index in [1.165, 1.54) is 13.8 Å². The molecular formula is C29H39F2N3O5. The summed E-state index contributed by atoms with van der Waals surface area (Å²) in [4.78, 5) is 39.2. The van der Waals surface area contributed by atoms with E-state index < -0.39 is 47.7 Å². The lowest BCUT2D eigenvalue weighted by Crippen LogP contribution is -2.55. The molecule has 0 spiro atoms. The summed E-state index contributed by atoms with van der Waals surface area (Å²) >= 11 is 0. The molecule has 2 rings (SSSR count). The van der Waals surface area contributed by atoms with Crippen LogP contribution in [0.25, 0.3) is 0 Å². The van der Waals surface area contributed by atoms with Crippen molar-refractivity contribution in [2.45, 2.75) is 77.7 Å². The van der Waals surface area contributed by atoms with E-state index >= 15 is 0 Å². The molecule has 0 saturated heterocycles. The molecule has 0 bridgehead atoms. The van der Waals surface area contributed by atoms with Crippen molar-refractivity contribution in [1.29, 1.82) is 0 Å². The number of carbonyl (C=O) groups is 3. The minimum absolute atomic E-state index is 0.0484. The van der Waals surface area contributed by atoms with E-state index in [4.69, 9.17) is 0 Å². The number of nitrogens with zero attached hydrogens (tertiary/aromatic N) is 1. The summed E-state index contributed by atoms with van der Waals surface area (Å²) < 4.78 is 27.6. The maximum Gasteiger partial charge on any atom is 0.251 e. The van der Waals surface area contributed by atoms with E-state index in [1.54, 1.807) is 29.2 Å². The zero-order chi connectivity index (χ0) is 29.1. The average molecular weight is 548 g/mol. The number of rotatable bonds is 14. The van der Waals surface area contributed by atoms with Gasteiger partial charge in [-0.3, -0.25) is 14.4 Å². The van der Waals surface area contributed by atoms with Gasteiger partial charge < -0.3 is 25.7 Å². The molecule has 4 N–H and O–H groups in total. The van der Waals surface area contributed by atoms with Crippen LogP contribution < -0.4 is 10.6 Å². The Morgan fingerprint density at radius 1 is 0.897 bits per heavy atom. The van der Waals surface area contributed by atoms with Crippen LogP contribution >= 0.6 is 0 Å².